The fourth-order valence-electron chi connectivity index (χ4n) is 2.82. The Morgan fingerprint density at radius 3 is 2.48 bits per heavy atom. The van der Waals surface area contributed by atoms with E-state index in [2.05, 4.69) is 10.6 Å². The van der Waals surface area contributed by atoms with Crippen molar-refractivity contribution in [3.8, 4) is 0 Å². The lowest BCUT2D eigenvalue weighted by Crippen LogP contribution is -2.40. The van der Waals surface area contributed by atoms with Crippen LogP contribution in [0, 0.1) is 6.92 Å². The van der Waals surface area contributed by atoms with Crippen molar-refractivity contribution in [3.63, 3.8) is 0 Å². The Morgan fingerprint density at radius 2 is 1.78 bits per heavy atom. The van der Waals surface area contributed by atoms with E-state index in [0.29, 0.717) is 43.2 Å². The third-order valence-corrected chi connectivity index (χ3v) is 6.33. The molecule has 0 unspecified atom stereocenters. The first-order valence-corrected chi connectivity index (χ1v) is 10.2. The number of carbonyl (C=O) groups excluding carboxylic acids is 1. The Labute approximate surface area is 159 Å². The third-order valence-electron chi connectivity index (χ3n) is 4.29. The largest absolute Gasteiger partial charge is 0.379 e. The number of aryl methyl sites for hydroxylation is 1. The maximum absolute atomic E-state index is 12.9. The molecule has 27 heavy (non-hydrogen) atoms. The molecule has 0 radical (unpaired) electrons. The SMILES string of the molecule is Cc1ccc(NCC(=O)Nc2ccccc2)cc1S(=O)(=O)N1CCOCC1. The third kappa shape index (κ3) is 4.85. The second kappa shape index (κ2) is 8.51. The van der Waals surface area contributed by atoms with Gasteiger partial charge in [0.2, 0.25) is 15.9 Å². The highest BCUT2D eigenvalue weighted by Gasteiger charge is 2.27. The highest BCUT2D eigenvalue weighted by Crippen LogP contribution is 2.24. The highest BCUT2D eigenvalue weighted by molar-refractivity contribution is 7.89. The quantitative estimate of drug-likeness (QED) is 0.790. The fourth-order valence-corrected chi connectivity index (χ4v) is 4.48. The first kappa shape index (κ1) is 19.3. The zero-order valence-corrected chi connectivity index (χ0v) is 16.0. The number of amides is 1. The van der Waals surface area contributed by atoms with Crippen molar-refractivity contribution in [2.75, 3.05) is 43.5 Å². The van der Waals surface area contributed by atoms with Crippen LogP contribution in [0.3, 0.4) is 0 Å². The molecule has 0 saturated carbocycles. The Bertz CT molecular complexity index is 894. The molecule has 1 fully saturated rings. The van der Waals surface area contributed by atoms with Crippen LogP contribution in [-0.4, -0.2) is 51.5 Å². The molecular weight excluding hydrogens is 366 g/mol. The van der Waals surface area contributed by atoms with Gasteiger partial charge >= 0.3 is 0 Å². The number of nitrogens with one attached hydrogen (secondary N) is 2. The molecule has 1 amide bonds. The van der Waals surface area contributed by atoms with Crippen molar-refractivity contribution in [3.05, 3.63) is 54.1 Å². The normalized spacial score (nSPS) is 15.3. The highest BCUT2D eigenvalue weighted by atomic mass is 32.2. The number of benzene rings is 2. The van der Waals surface area contributed by atoms with Crippen LogP contribution < -0.4 is 10.6 Å². The zero-order chi connectivity index (χ0) is 19.3. The van der Waals surface area contributed by atoms with Gasteiger partial charge in [-0.2, -0.15) is 4.31 Å². The first-order valence-electron chi connectivity index (χ1n) is 8.74. The van der Waals surface area contributed by atoms with Crippen LogP contribution in [0.4, 0.5) is 11.4 Å². The summed E-state index contributed by atoms with van der Waals surface area (Å²) in [5.74, 6) is -0.209. The van der Waals surface area contributed by atoms with E-state index in [9.17, 15) is 13.2 Å². The molecule has 2 aromatic rings. The number of hydrogen-bond acceptors (Lipinski definition) is 5. The summed E-state index contributed by atoms with van der Waals surface area (Å²) in [4.78, 5) is 12.3. The van der Waals surface area contributed by atoms with Gasteiger partial charge in [-0.25, -0.2) is 8.42 Å². The van der Waals surface area contributed by atoms with Gasteiger partial charge < -0.3 is 15.4 Å². The van der Waals surface area contributed by atoms with Gasteiger partial charge in [-0.3, -0.25) is 4.79 Å². The Kier molecular flexibility index (Phi) is 6.10. The predicted molar refractivity (Wildman–Crippen MR) is 104 cm³/mol. The van der Waals surface area contributed by atoms with Gasteiger partial charge in [-0.15, -0.1) is 0 Å². The monoisotopic (exact) mass is 389 g/mol. The number of anilines is 2. The first-order chi connectivity index (χ1) is 13.0. The molecule has 0 aromatic heterocycles. The van der Waals surface area contributed by atoms with Crippen LogP contribution in [0.15, 0.2) is 53.4 Å². The van der Waals surface area contributed by atoms with Crippen LogP contribution in [0.2, 0.25) is 0 Å². The average Bonchev–Trinajstić information content (AvgIpc) is 2.68. The number of sulfonamides is 1. The van der Waals surface area contributed by atoms with Gasteiger partial charge in [0.25, 0.3) is 0 Å². The van der Waals surface area contributed by atoms with E-state index < -0.39 is 10.0 Å². The molecule has 0 atom stereocenters. The van der Waals surface area contributed by atoms with E-state index in [0.717, 1.165) is 0 Å². The number of rotatable bonds is 6. The number of morpholine rings is 1. The minimum Gasteiger partial charge on any atom is -0.379 e. The smallest absolute Gasteiger partial charge is 0.243 e. The van der Waals surface area contributed by atoms with Crippen LogP contribution in [0.1, 0.15) is 5.56 Å². The topological polar surface area (TPSA) is 87.7 Å². The van der Waals surface area contributed by atoms with E-state index in [4.69, 9.17) is 4.74 Å². The van der Waals surface area contributed by atoms with E-state index in [-0.39, 0.29) is 17.3 Å². The summed E-state index contributed by atoms with van der Waals surface area (Å²) in [6.45, 7) is 3.29. The van der Waals surface area contributed by atoms with Crippen molar-refractivity contribution in [2.24, 2.45) is 0 Å². The summed E-state index contributed by atoms with van der Waals surface area (Å²) < 4.78 is 32.5. The molecule has 1 aliphatic rings. The van der Waals surface area contributed by atoms with Gasteiger partial charge in [0.1, 0.15) is 0 Å². The number of carbonyl (C=O) groups is 1. The lowest BCUT2D eigenvalue weighted by molar-refractivity contribution is -0.114. The minimum absolute atomic E-state index is 0.0367. The number of hydrogen-bond donors (Lipinski definition) is 2. The van der Waals surface area contributed by atoms with Gasteiger partial charge in [0.15, 0.2) is 0 Å². The van der Waals surface area contributed by atoms with Gasteiger partial charge in [0.05, 0.1) is 24.7 Å². The van der Waals surface area contributed by atoms with E-state index in [1.165, 1.54) is 4.31 Å². The number of para-hydroxylation sites is 1. The van der Waals surface area contributed by atoms with Gasteiger partial charge in [0, 0.05) is 24.5 Å². The molecule has 7 nitrogen and oxygen atoms in total. The molecule has 1 aliphatic heterocycles. The maximum atomic E-state index is 12.9. The second-order valence-corrected chi connectivity index (χ2v) is 8.17. The summed E-state index contributed by atoms with van der Waals surface area (Å²) in [7, 11) is -3.59. The molecule has 1 heterocycles. The zero-order valence-electron chi connectivity index (χ0n) is 15.1. The van der Waals surface area contributed by atoms with Crippen LogP contribution in [0.25, 0.3) is 0 Å². The Morgan fingerprint density at radius 1 is 1.07 bits per heavy atom. The summed E-state index contributed by atoms with van der Waals surface area (Å²) in [6.07, 6.45) is 0. The molecule has 0 spiro atoms. The van der Waals surface area contributed by atoms with Gasteiger partial charge in [-0.05, 0) is 36.8 Å². The van der Waals surface area contributed by atoms with Crippen molar-refractivity contribution in [2.45, 2.75) is 11.8 Å². The second-order valence-electron chi connectivity index (χ2n) is 6.26. The predicted octanol–water partition coefficient (Wildman–Crippen LogP) is 2.07. The Hall–Kier alpha value is -2.42. The van der Waals surface area contributed by atoms with E-state index in [1.54, 1.807) is 37.3 Å². The van der Waals surface area contributed by atoms with E-state index >= 15 is 0 Å². The molecule has 144 valence electrons. The molecule has 1 saturated heterocycles. The van der Waals surface area contributed by atoms with Gasteiger partial charge in [-0.1, -0.05) is 24.3 Å². The standard InChI is InChI=1S/C19H23N3O4S/c1-15-7-8-17(20-14-19(23)21-16-5-3-2-4-6-16)13-18(15)27(24,25)22-9-11-26-12-10-22/h2-8,13,20H,9-12,14H2,1H3,(H,21,23). The van der Waals surface area contributed by atoms with Crippen LogP contribution >= 0.6 is 0 Å². The molecular formula is C19H23N3O4S. The molecule has 8 heteroatoms. The van der Waals surface area contributed by atoms with Crippen molar-refractivity contribution >= 4 is 27.3 Å². The fraction of sp³-hybridized carbons (Fsp3) is 0.316. The average molecular weight is 389 g/mol. The minimum atomic E-state index is -3.59. The summed E-state index contributed by atoms with van der Waals surface area (Å²) in [6, 6.07) is 14.2. The van der Waals surface area contributed by atoms with Crippen molar-refractivity contribution in [1.82, 2.24) is 4.31 Å². The molecule has 2 N–H and O–H groups in total. The summed E-state index contributed by atoms with van der Waals surface area (Å²) in [5, 5.41) is 5.77. The van der Waals surface area contributed by atoms with Crippen molar-refractivity contribution < 1.29 is 17.9 Å². The lowest BCUT2D eigenvalue weighted by Gasteiger charge is -2.27. The molecule has 0 aliphatic carbocycles. The molecule has 2 aromatic carbocycles. The summed E-state index contributed by atoms with van der Waals surface area (Å²) in [5.41, 5.74) is 1.96. The summed E-state index contributed by atoms with van der Waals surface area (Å²) >= 11 is 0. The molecule has 0 bridgehead atoms. The number of ether oxygens (including phenoxy) is 1. The number of nitrogens with zero attached hydrogens (tertiary/aromatic N) is 1. The van der Waals surface area contributed by atoms with Crippen LogP contribution in [-0.2, 0) is 19.6 Å². The van der Waals surface area contributed by atoms with Crippen LogP contribution in [0.5, 0.6) is 0 Å². The van der Waals surface area contributed by atoms with E-state index in [1.807, 2.05) is 18.2 Å². The maximum Gasteiger partial charge on any atom is 0.243 e. The molecule has 3 rings (SSSR count). The van der Waals surface area contributed by atoms with Crippen molar-refractivity contribution in [1.29, 1.82) is 0 Å². The Balaban J connectivity index is 1.68. The lowest BCUT2D eigenvalue weighted by atomic mass is 10.2.